The van der Waals surface area contributed by atoms with Crippen LogP contribution in [0.5, 0.6) is 5.75 Å². The number of anilines is 2. The fraction of sp³-hybridized carbons (Fsp3) is 0.240. The standard InChI is InChI=1S/C25H27N3O3/c1-17-10-11-22(21(13-17)25(2,3)4)31-16-23(29)27-19-8-5-9-20(14-19)28-24(30)18-7-6-12-26-15-18/h5-15H,16H2,1-4H3,(H,27,29)(H,28,30). The molecule has 0 aliphatic rings. The number of hydrogen-bond acceptors (Lipinski definition) is 4. The molecular formula is C25H27N3O3. The summed E-state index contributed by atoms with van der Waals surface area (Å²) in [6.07, 6.45) is 3.10. The first-order valence-corrected chi connectivity index (χ1v) is 10.1. The normalized spacial score (nSPS) is 11.0. The van der Waals surface area contributed by atoms with Crippen LogP contribution in [-0.2, 0) is 10.2 Å². The van der Waals surface area contributed by atoms with Crippen LogP contribution >= 0.6 is 0 Å². The molecule has 2 aromatic carbocycles. The van der Waals surface area contributed by atoms with Gasteiger partial charge in [-0.15, -0.1) is 0 Å². The number of carbonyl (C=O) groups excluding carboxylic acids is 2. The fourth-order valence-electron chi connectivity index (χ4n) is 3.07. The maximum Gasteiger partial charge on any atom is 0.262 e. The first-order valence-electron chi connectivity index (χ1n) is 10.1. The minimum Gasteiger partial charge on any atom is -0.483 e. The van der Waals surface area contributed by atoms with Gasteiger partial charge in [-0.25, -0.2) is 0 Å². The third kappa shape index (κ3) is 6.15. The molecule has 0 saturated heterocycles. The van der Waals surface area contributed by atoms with Crippen molar-refractivity contribution in [2.24, 2.45) is 0 Å². The van der Waals surface area contributed by atoms with Gasteiger partial charge in [0.15, 0.2) is 6.61 Å². The Morgan fingerprint density at radius 3 is 2.39 bits per heavy atom. The molecule has 0 spiro atoms. The fourth-order valence-corrected chi connectivity index (χ4v) is 3.07. The first kappa shape index (κ1) is 22.0. The molecule has 0 radical (unpaired) electrons. The Morgan fingerprint density at radius 1 is 0.968 bits per heavy atom. The summed E-state index contributed by atoms with van der Waals surface area (Å²) >= 11 is 0. The van der Waals surface area contributed by atoms with E-state index < -0.39 is 0 Å². The maximum absolute atomic E-state index is 12.4. The van der Waals surface area contributed by atoms with Crippen LogP contribution in [0.3, 0.4) is 0 Å². The van der Waals surface area contributed by atoms with Crippen molar-refractivity contribution < 1.29 is 14.3 Å². The Hall–Kier alpha value is -3.67. The molecule has 0 bridgehead atoms. The van der Waals surface area contributed by atoms with E-state index >= 15 is 0 Å². The van der Waals surface area contributed by atoms with Gasteiger partial charge in [-0.05, 0) is 54.3 Å². The van der Waals surface area contributed by atoms with E-state index in [4.69, 9.17) is 4.74 Å². The van der Waals surface area contributed by atoms with E-state index in [1.165, 1.54) is 6.20 Å². The van der Waals surface area contributed by atoms with Crippen molar-refractivity contribution in [3.63, 3.8) is 0 Å². The van der Waals surface area contributed by atoms with Crippen LogP contribution in [-0.4, -0.2) is 23.4 Å². The molecule has 1 heterocycles. The quantitative estimate of drug-likeness (QED) is 0.594. The summed E-state index contributed by atoms with van der Waals surface area (Å²) < 4.78 is 5.82. The molecule has 3 rings (SSSR count). The molecule has 0 unspecified atom stereocenters. The molecule has 31 heavy (non-hydrogen) atoms. The average molecular weight is 418 g/mol. The number of hydrogen-bond donors (Lipinski definition) is 2. The second-order valence-electron chi connectivity index (χ2n) is 8.36. The Morgan fingerprint density at radius 2 is 1.71 bits per heavy atom. The first-order chi connectivity index (χ1) is 14.7. The van der Waals surface area contributed by atoms with E-state index in [2.05, 4.69) is 42.5 Å². The molecule has 6 nitrogen and oxygen atoms in total. The Bertz CT molecular complexity index is 1070. The molecule has 2 amide bonds. The number of carbonyl (C=O) groups is 2. The molecule has 0 aliphatic heterocycles. The highest BCUT2D eigenvalue weighted by atomic mass is 16.5. The lowest BCUT2D eigenvalue weighted by atomic mass is 9.85. The van der Waals surface area contributed by atoms with Crippen molar-refractivity contribution in [3.05, 3.63) is 83.7 Å². The van der Waals surface area contributed by atoms with Gasteiger partial charge in [-0.1, -0.05) is 44.5 Å². The Balaban J connectivity index is 1.62. The van der Waals surface area contributed by atoms with E-state index in [9.17, 15) is 9.59 Å². The zero-order chi connectivity index (χ0) is 22.4. The van der Waals surface area contributed by atoms with Gasteiger partial charge in [0.25, 0.3) is 11.8 Å². The van der Waals surface area contributed by atoms with Gasteiger partial charge >= 0.3 is 0 Å². The molecule has 0 fully saturated rings. The second-order valence-corrected chi connectivity index (χ2v) is 8.36. The van der Waals surface area contributed by atoms with Crippen molar-refractivity contribution in [2.75, 3.05) is 17.2 Å². The topological polar surface area (TPSA) is 80.3 Å². The summed E-state index contributed by atoms with van der Waals surface area (Å²) in [5, 5.41) is 5.61. The summed E-state index contributed by atoms with van der Waals surface area (Å²) in [6.45, 7) is 8.25. The predicted molar refractivity (Wildman–Crippen MR) is 123 cm³/mol. The minimum absolute atomic E-state index is 0.0986. The summed E-state index contributed by atoms with van der Waals surface area (Å²) in [4.78, 5) is 28.7. The lowest BCUT2D eigenvalue weighted by Crippen LogP contribution is -2.22. The highest BCUT2D eigenvalue weighted by Crippen LogP contribution is 2.32. The number of rotatable bonds is 6. The van der Waals surface area contributed by atoms with Gasteiger partial charge < -0.3 is 15.4 Å². The predicted octanol–water partition coefficient (Wildman–Crippen LogP) is 4.96. The number of benzene rings is 2. The lowest BCUT2D eigenvalue weighted by molar-refractivity contribution is -0.118. The molecular weight excluding hydrogens is 390 g/mol. The van der Waals surface area contributed by atoms with Gasteiger partial charge in [0.2, 0.25) is 0 Å². The molecule has 0 saturated carbocycles. The van der Waals surface area contributed by atoms with E-state index in [0.717, 1.165) is 11.1 Å². The van der Waals surface area contributed by atoms with Crippen LogP contribution in [0.4, 0.5) is 11.4 Å². The molecule has 3 aromatic rings. The van der Waals surface area contributed by atoms with Crippen LogP contribution < -0.4 is 15.4 Å². The number of nitrogens with one attached hydrogen (secondary N) is 2. The smallest absolute Gasteiger partial charge is 0.262 e. The number of amides is 2. The van der Waals surface area contributed by atoms with Crippen molar-refractivity contribution in [1.29, 1.82) is 0 Å². The summed E-state index contributed by atoms with van der Waals surface area (Å²) in [5.41, 5.74) is 3.70. The minimum atomic E-state index is -0.281. The summed E-state index contributed by atoms with van der Waals surface area (Å²) in [5.74, 6) is 0.149. The Kier molecular flexibility index (Phi) is 6.70. The van der Waals surface area contributed by atoms with Crippen molar-refractivity contribution in [1.82, 2.24) is 4.98 Å². The van der Waals surface area contributed by atoms with Gasteiger partial charge in [0.1, 0.15) is 5.75 Å². The van der Waals surface area contributed by atoms with Gasteiger partial charge in [0.05, 0.1) is 5.56 Å². The zero-order valence-corrected chi connectivity index (χ0v) is 18.2. The largest absolute Gasteiger partial charge is 0.483 e. The van der Waals surface area contributed by atoms with Crippen LogP contribution in [0.15, 0.2) is 67.0 Å². The van der Waals surface area contributed by atoms with Crippen LogP contribution in [0.1, 0.15) is 42.3 Å². The van der Waals surface area contributed by atoms with E-state index in [1.54, 1.807) is 42.6 Å². The van der Waals surface area contributed by atoms with E-state index in [-0.39, 0.29) is 23.8 Å². The number of pyridine rings is 1. The van der Waals surface area contributed by atoms with Crippen molar-refractivity contribution >= 4 is 23.2 Å². The molecule has 6 heteroatoms. The zero-order valence-electron chi connectivity index (χ0n) is 18.2. The van der Waals surface area contributed by atoms with Crippen LogP contribution in [0, 0.1) is 6.92 Å². The number of aromatic nitrogens is 1. The van der Waals surface area contributed by atoms with Crippen molar-refractivity contribution in [2.45, 2.75) is 33.1 Å². The third-order valence-electron chi connectivity index (χ3n) is 4.63. The number of nitrogens with zero attached hydrogens (tertiary/aromatic N) is 1. The Labute approximate surface area is 182 Å². The lowest BCUT2D eigenvalue weighted by Gasteiger charge is -2.23. The monoisotopic (exact) mass is 417 g/mol. The molecule has 1 aromatic heterocycles. The third-order valence-corrected chi connectivity index (χ3v) is 4.63. The summed E-state index contributed by atoms with van der Waals surface area (Å²) in [7, 11) is 0. The van der Waals surface area contributed by atoms with E-state index in [0.29, 0.717) is 22.7 Å². The maximum atomic E-state index is 12.4. The molecule has 2 N–H and O–H groups in total. The number of ether oxygens (including phenoxy) is 1. The average Bonchev–Trinajstić information content (AvgIpc) is 2.73. The number of aryl methyl sites for hydroxylation is 1. The molecule has 0 aliphatic carbocycles. The highest BCUT2D eigenvalue weighted by Gasteiger charge is 2.19. The van der Waals surface area contributed by atoms with Crippen LogP contribution in [0.2, 0.25) is 0 Å². The second kappa shape index (κ2) is 9.43. The van der Waals surface area contributed by atoms with Gasteiger partial charge in [-0.2, -0.15) is 0 Å². The molecule has 160 valence electrons. The molecule has 0 atom stereocenters. The van der Waals surface area contributed by atoms with Crippen molar-refractivity contribution in [3.8, 4) is 5.75 Å². The highest BCUT2D eigenvalue weighted by molar-refractivity contribution is 6.04. The summed E-state index contributed by atoms with van der Waals surface area (Å²) in [6, 6.07) is 16.3. The SMILES string of the molecule is Cc1ccc(OCC(=O)Nc2cccc(NC(=O)c3cccnc3)c2)c(C(C)(C)C)c1. The van der Waals surface area contributed by atoms with Gasteiger partial charge in [0, 0.05) is 23.8 Å². The van der Waals surface area contributed by atoms with E-state index in [1.807, 2.05) is 19.1 Å². The van der Waals surface area contributed by atoms with Crippen LogP contribution in [0.25, 0.3) is 0 Å². The van der Waals surface area contributed by atoms with Gasteiger partial charge in [-0.3, -0.25) is 14.6 Å².